The molecule has 1 aliphatic rings. The van der Waals surface area contributed by atoms with E-state index < -0.39 is 0 Å². The molecular formula is C13H16N4OS2. The van der Waals surface area contributed by atoms with Crippen LogP contribution in [0.1, 0.15) is 4.88 Å². The van der Waals surface area contributed by atoms with Crippen molar-refractivity contribution in [1.82, 2.24) is 14.8 Å². The molecule has 0 aliphatic carbocycles. The third-order valence-corrected chi connectivity index (χ3v) is 4.81. The topological polar surface area (TPSA) is 48.5 Å². The van der Waals surface area contributed by atoms with Crippen molar-refractivity contribution in [3.63, 3.8) is 0 Å². The number of thiophene rings is 1. The van der Waals surface area contributed by atoms with Crippen molar-refractivity contribution in [1.29, 1.82) is 0 Å². The summed E-state index contributed by atoms with van der Waals surface area (Å²) in [6.45, 7) is 4.36. The van der Waals surface area contributed by atoms with E-state index in [1.54, 1.807) is 17.5 Å². The summed E-state index contributed by atoms with van der Waals surface area (Å²) < 4.78 is 0. The lowest BCUT2D eigenvalue weighted by Gasteiger charge is -2.34. The number of hydrogen-bond donors (Lipinski definition) is 1. The predicted octanol–water partition coefficient (Wildman–Crippen LogP) is 2.55. The second kappa shape index (κ2) is 6.34. The van der Waals surface area contributed by atoms with Gasteiger partial charge in [-0.1, -0.05) is 6.07 Å². The Morgan fingerprint density at radius 2 is 2.10 bits per heavy atom. The average molecular weight is 308 g/mol. The highest BCUT2D eigenvalue weighted by atomic mass is 32.1. The zero-order valence-corrected chi connectivity index (χ0v) is 12.6. The van der Waals surface area contributed by atoms with E-state index in [0.29, 0.717) is 5.13 Å². The molecule has 0 saturated carbocycles. The number of carbonyl (C=O) groups excluding carboxylic acids is 1. The summed E-state index contributed by atoms with van der Waals surface area (Å²) in [6, 6.07) is 4.19. The number of anilines is 1. The highest BCUT2D eigenvalue weighted by Gasteiger charge is 2.21. The van der Waals surface area contributed by atoms with Crippen molar-refractivity contribution in [2.45, 2.75) is 6.54 Å². The molecule has 0 atom stereocenters. The monoisotopic (exact) mass is 308 g/mol. The van der Waals surface area contributed by atoms with Gasteiger partial charge in [0.2, 0.25) is 0 Å². The van der Waals surface area contributed by atoms with Crippen molar-refractivity contribution in [3.05, 3.63) is 34.0 Å². The van der Waals surface area contributed by atoms with Crippen LogP contribution >= 0.6 is 22.7 Å². The molecule has 1 fully saturated rings. The second-order valence-electron chi connectivity index (χ2n) is 4.61. The Kier molecular flexibility index (Phi) is 4.29. The highest BCUT2D eigenvalue weighted by molar-refractivity contribution is 7.13. The van der Waals surface area contributed by atoms with Gasteiger partial charge in [0.25, 0.3) is 0 Å². The molecule has 1 aliphatic heterocycles. The Hall–Kier alpha value is -1.44. The van der Waals surface area contributed by atoms with Gasteiger partial charge in [-0.25, -0.2) is 9.78 Å². The fourth-order valence-electron chi connectivity index (χ4n) is 2.19. The zero-order chi connectivity index (χ0) is 13.8. The maximum absolute atomic E-state index is 12.1. The normalized spacial score (nSPS) is 16.3. The van der Waals surface area contributed by atoms with Crippen molar-refractivity contribution >= 4 is 33.8 Å². The molecule has 5 nitrogen and oxygen atoms in total. The molecule has 0 bridgehead atoms. The summed E-state index contributed by atoms with van der Waals surface area (Å²) in [5, 5.41) is 7.45. The van der Waals surface area contributed by atoms with Crippen molar-refractivity contribution in [2.75, 3.05) is 31.5 Å². The smallest absolute Gasteiger partial charge is 0.322 e. The molecular weight excluding hydrogens is 292 g/mol. The molecule has 2 aromatic heterocycles. The summed E-state index contributed by atoms with van der Waals surface area (Å²) in [5.41, 5.74) is 0. The molecule has 3 heterocycles. The number of nitrogens with zero attached hydrogens (tertiary/aromatic N) is 3. The van der Waals surface area contributed by atoms with E-state index in [-0.39, 0.29) is 6.03 Å². The zero-order valence-electron chi connectivity index (χ0n) is 11.0. The number of thiazole rings is 1. The van der Waals surface area contributed by atoms with Gasteiger partial charge in [0.1, 0.15) is 0 Å². The Morgan fingerprint density at radius 3 is 2.75 bits per heavy atom. The minimum Gasteiger partial charge on any atom is -0.322 e. The first kappa shape index (κ1) is 13.5. The molecule has 2 aromatic rings. The molecule has 20 heavy (non-hydrogen) atoms. The lowest BCUT2D eigenvalue weighted by molar-refractivity contribution is 0.143. The molecule has 7 heteroatoms. The molecule has 2 amide bonds. The number of aromatic nitrogens is 1. The van der Waals surface area contributed by atoms with Gasteiger partial charge in [-0.05, 0) is 11.4 Å². The van der Waals surface area contributed by atoms with E-state index in [4.69, 9.17) is 0 Å². The number of piperazine rings is 1. The van der Waals surface area contributed by atoms with Crippen LogP contribution in [0.5, 0.6) is 0 Å². The third kappa shape index (κ3) is 3.36. The van der Waals surface area contributed by atoms with Crippen LogP contribution in [-0.2, 0) is 6.54 Å². The van der Waals surface area contributed by atoms with Gasteiger partial charge in [0.15, 0.2) is 5.13 Å². The summed E-state index contributed by atoms with van der Waals surface area (Å²) >= 11 is 3.22. The lowest BCUT2D eigenvalue weighted by Crippen LogP contribution is -2.49. The summed E-state index contributed by atoms with van der Waals surface area (Å²) in [6.07, 6.45) is 1.69. The number of carbonyl (C=O) groups is 1. The molecule has 3 rings (SSSR count). The van der Waals surface area contributed by atoms with E-state index in [2.05, 4.69) is 32.7 Å². The van der Waals surface area contributed by atoms with Gasteiger partial charge in [-0.2, -0.15) is 0 Å². The van der Waals surface area contributed by atoms with Crippen molar-refractivity contribution in [2.24, 2.45) is 0 Å². The highest BCUT2D eigenvalue weighted by Crippen LogP contribution is 2.15. The number of hydrogen-bond acceptors (Lipinski definition) is 5. The van der Waals surface area contributed by atoms with Gasteiger partial charge in [-0.3, -0.25) is 10.2 Å². The Bertz CT molecular complexity index is 533. The standard InChI is InChI=1S/C13H16N4OS2/c18-13(15-12-14-3-9-20-12)17-6-4-16(5-7-17)10-11-2-1-8-19-11/h1-3,8-9H,4-7,10H2,(H,14,15,18). The van der Waals surface area contributed by atoms with Gasteiger partial charge < -0.3 is 4.90 Å². The minimum absolute atomic E-state index is 0.0456. The molecule has 1 saturated heterocycles. The first-order valence-electron chi connectivity index (χ1n) is 6.51. The van der Waals surface area contributed by atoms with Crippen LogP contribution in [0.2, 0.25) is 0 Å². The summed E-state index contributed by atoms with van der Waals surface area (Å²) in [5.74, 6) is 0. The number of urea groups is 1. The van der Waals surface area contributed by atoms with Crippen LogP contribution in [0.25, 0.3) is 0 Å². The van der Waals surface area contributed by atoms with E-state index in [1.807, 2.05) is 10.3 Å². The summed E-state index contributed by atoms with van der Waals surface area (Å²) in [7, 11) is 0. The molecule has 106 valence electrons. The number of nitrogens with one attached hydrogen (secondary N) is 1. The molecule has 0 spiro atoms. The first-order chi connectivity index (χ1) is 9.81. The number of rotatable bonds is 3. The van der Waals surface area contributed by atoms with Crippen LogP contribution in [0.3, 0.4) is 0 Å². The van der Waals surface area contributed by atoms with E-state index >= 15 is 0 Å². The lowest BCUT2D eigenvalue weighted by atomic mass is 10.3. The Labute approximate surface area is 125 Å². The maximum atomic E-state index is 12.1. The van der Waals surface area contributed by atoms with Crippen LogP contribution < -0.4 is 5.32 Å². The van der Waals surface area contributed by atoms with Crippen LogP contribution in [-0.4, -0.2) is 47.0 Å². The van der Waals surface area contributed by atoms with Crippen LogP contribution in [0.4, 0.5) is 9.93 Å². The fraction of sp³-hybridized carbons (Fsp3) is 0.385. The van der Waals surface area contributed by atoms with Crippen LogP contribution in [0, 0.1) is 0 Å². The SMILES string of the molecule is O=C(Nc1nccs1)N1CCN(Cc2cccs2)CC1. The fourth-order valence-corrected chi connectivity index (χ4v) is 3.45. The molecule has 0 aromatic carbocycles. The Balaban J connectivity index is 1.47. The predicted molar refractivity (Wildman–Crippen MR) is 82.3 cm³/mol. The van der Waals surface area contributed by atoms with E-state index in [1.165, 1.54) is 16.2 Å². The average Bonchev–Trinajstić information content (AvgIpc) is 3.13. The van der Waals surface area contributed by atoms with Gasteiger partial charge >= 0.3 is 6.03 Å². The van der Waals surface area contributed by atoms with Crippen molar-refractivity contribution in [3.8, 4) is 0 Å². The van der Waals surface area contributed by atoms with Gasteiger partial charge in [-0.15, -0.1) is 22.7 Å². The first-order valence-corrected chi connectivity index (χ1v) is 8.27. The van der Waals surface area contributed by atoms with Gasteiger partial charge in [0, 0.05) is 49.2 Å². The van der Waals surface area contributed by atoms with E-state index in [0.717, 1.165) is 32.7 Å². The minimum atomic E-state index is -0.0456. The molecule has 1 N–H and O–H groups in total. The quantitative estimate of drug-likeness (QED) is 0.948. The summed E-state index contributed by atoms with van der Waals surface area (Å²) in [4.78, 5) is 21.7. The van der Waals surface area contributed by atoms with E-state index in [9.17, 15) is 4.79 Å². The maximum Gasteiger partial charge on any atom is 0.323 e. The van der Waals surface area contributed by atoms with Gasteiger partial charge in [0.05, 0.1) is 0 Å². The molecule has 0 unspecified atom stereocenters. The largest absolute Gasteiger partial charge is 0.323 e. The Morgan fingerprint density at radius 1 is 1.25 bits per heavy atom. The van der Waals surface area contributed by atoms with Crippen molar-refractivity contribution < 1.29 is 4.79 Å². The molecule has 0 radical (unpaired) electrons. The third-order valence-electron chi connectivity index (χ3n) is 3.27. The second-order valence-corrected chi connectivity index (χ2v) is 6.54. The number of amides is 2. The van der Waals surface area contributed by atoms with Crippen LogP contribution in [0.15, 0.2) is 29.1 Å².